The van der Waals surface area contributed by atoms with Gasteiger partial charge in [0.15, 0.2) is 0 Å². The van der Waals surface area contributed by atoms with E-state index in [0.717, 1.165) is 16.7 Å². The molecular weight excluding hydrogens is 338 g/mol. The van der Waals surface area contributed by atoms with Crippen LogP contribution in [-0.4, -0.2) is 19.8 Å². The van der Waals surface area contributed by atoms with Crippen LogP contribution < -0.4 is 5.73 Å². The van der Waals surface area contributed by atoms with Crippen molar-refractivity contribution in [2.75, 3.05) is 5.73 Å². The second-order valence-electron chi connectivity index (χ2n) is 5.11. The van der Waals surface area contributed by atoms with Crippen LogP contribution in [-0.2, 0) is 14.9 Å². The molecule has 0 saturated heterocycles. The number of nitrogen functional groups attached to an aromatic ring is 1. The highest BCUT2D eigenvalue weighted by molar-refractivity contribution is 7.86. The van der Waals surface area contributed by atoms with Crippen LogP contribution in [0.25, 0.3) is 22.3 Å². The molecule has 3 aromatic carbocycles. The van der Waals surface area contributed by atoms with Crippen molar-refractivity contribution in [2.45, 2.75) is 4.90 Å². The van der Waals surface area contributed by atoms with Crippen LogP contribution in [0.1, 0.15) is 0 Å². The zero-order chi connectivity index (χ0) is 18.4. The zero-order valence-corrected chi connectivity index (χ0v) is 14.1. The SMILES string of the molecule is C=O.Nc1c(S(=O)(=O)O)ccc(-c2ccccc2)c1-c1ccccc1. The molecule has 0 aromatic heterocycles. The van der Waals surface area contributed by atoms with Gasteiger partial charge in [-0.2, -0.15) is 8.42 Å². The Bertz CT molecular complexity index is 955. The van der Waals surface area contributed by atoms with Crippen LogP contribution in [0, 0.1) is 0 Å². The molecule has 0 amide bonds. The molecule has 5 nitrogen and oxygen atoms in total. The van der Waals surface area contributed by atoms with E-state index in [1.54, 1.807) is 6.07 Å². The lowest BCUT2D eigenvalue weighted by molar-refractivity contribution is -0.0979. The highest BCUT2D eigenvalue weighted by atomic mass is 32.2. The number of rotatable bonds is 3. The molecule has 0 saturated carbocycles. The lowest BCUT2D eigenvalue weighted by atomic mass is 9.93. The minimum Gasteiger partial charge on any atom is -0.397 e. The number of benzene rings is 3. The van der Waals surface area contributed by atoms with Crippen molar-refractivity contribution in [2.24, 2.45) is 0 Å². The zero-order valence-electron chi connectivity index (χ0n) is 13.3. The summed E-state index contributed by atoms with van der Waals surface area (Å²) in [7, 11) is -4.39. The van der Waals surface area contributed by atoms with E-state index in [1.165, 1.54) is 6.07 Å². The molecule has 0 aliphatic heterocycles. The molecular formula is C19H17NO4S. The summed E-state index contributed by atoms with van der Waals surface area (Å²) in [6.07, 6.45) is 0. The number of carbonyl (C=O) groups excluding carboxylic acids is 1. The van der Waals surface area contributed by atoms with Crippen molar-refractivity contribution < 1.29 is 17.8 Å². The molecule has 0 aliphatic carbocycles. The maximum atomic E-state index is 11.6. The number of hydrogen-bond donors (Lipinski definition) is 2. The molecule has 0 fully saturated rings. The molecule has 3 rings (SSSR count). The molecule has 0 aliphatic rings. The van der Waals surface area contributed by atoms with Crippen LogP contribution in [0.2, 0.25) is 0 Å². The van der Waals surface area contributed by atoms with Crippen molar-refractivity contribution >= 4 is 22.6 Å². The van der Waals surface area contributed by atoms with E-state index < -0.39 is 10.1 Å². The van der Waals surface area contributed by atoms with Crippen LogP contribution in [0.3, 0.4) is 0 Å². The molecule has 0 spiro atoms. The Balaban J connectivity index is 0.00000109. The predicted molar refractivity (Wildman–Crippen MR) is 98.7 cm³/mol. The molecule has 128 valence electrons. The minimum absolute atomic E-state index is 0.0417. The lowest BCUT2D eigenvalue weighted by Crippen LogP contribution is -2.05. The van der Waals surface area contributed by atoms with E-state index in [-0.39, 0.29) is 10.6 Å². The summed E-state index contributed by atoms with van der Waals surface area (Å²) in [5.74, 6) is 0. The third kappa shape index (κ3) is 3.93. The fourth-order valence-corrected chi connectivity index (χ4v) is 3.22. The van der Waals surface area contributed by atoms with Gasteiger partial charge in [-0.25, -0.2) is 0 Å². The first-order valence-electron chi connectivity index (χ1n) is 7.28. The topological polar surface area (TPSA) is 97.5 Å². The lowest BCUT2D eigenvalue weighted by Gasteiger charge is -2.15. The number of carbonyl (C=O) groups is 1. The molecule has 3 aromatic rings. The van der Waals surface area contributed by atoms with Crippen LogP contribution in [0.4, 0.5) is 5.69 Å². The average molecular weight is 355 g/mol. The van der Waals surface area contributed by atoms with E-state index in [1.807, 2.05) is 67.5 Å². The van der Waals surface area contributed by atoms with Gasteiger partial charge >= 0.3 is 0 Å². The van der Waals surface area contributed by atoms with E-state index >= 15 is 0 Å². The first kappa shape index (κ1) is 18.4. The Kier molecular flexibility index (Phi) is 5.69. The Morgan fingerprint density at radius 1 is 0.760 bits per heavy atom. The van der Waals surface area contributed by atoms with Crippen molar-refractivity contribution in [1.29, 1.82) is 0 Å². The first-order valence-corrected chi connectivity index (χ1v) is 8.72. The summed E-state index contributed by atoms with van der Waals surface area (Å²) in [6.45, 7) is 2.00. The van der Waals surface area contributed by atoms with Crippen LogP contribution in [0.5, 0.6) is 0 Å². The Hall–Kier alpha value is -2.96. The van der Waals surface area contributed by atoms with Gasteiger partial charge in [-0.1, -0.05) is 66.7 Å². The van der Waals surface area contributed by atoms with E-state index in [4.69, 9.17) is 10.5 Å². The van der Waals surface area contributed by atoms with Gasteiger partial charge in [-0.05, 0) is 22.8 Å². The van der Waals surface area contributed by atoms with E-state index in [9.17, 15) is 13.0 Å². The molecule has 3 N–H and O–H groups in total. The molecule has 25 heavy (non-hydrogen) atoms. The third-order valence-corrected chi connectivity index (χ3v) is 4.54. The summed E-state index contributed by atoms with van der Waals surface area (Å²) in [5.41, 5.74) is 9.24. The first-order chi connectivity index (χ1) is 12.0. The molecule has 6 heteroatoms. The Labute approximate surface area is 146 Å². The Morgan fingerprint density at radius 2 is 1.24 bits per heavy atom. The second kappa shape index (κ2) is 7.74. The van der Waals surface area contributed by atoms with Gasteiger partial charge in [0, 0.05) is 5.56 Å². The normalized spacial score (nSPS) is 10.6. The quantitative estimate of drug-likeness (QED) is 0.552. The highest BCUT2D eigenvalue weighted by Gasteiger charge is 2.20. The van der Waals surface area contributed by atoms with Gasteiger partial charge in [0.25, 0.3) is 10.1 Å². The average Bonchev–Trinajstić information content (AvgIpc) is 2.63. The van der Waals surface area contributed by atoms with E-state index in [0.29, 0.717) is 5.56 Å². The molecule has 0 bridgehead atoms. The van der Waals surface area contributed by atoms with Crippen molar-refractivity contribution in [3.63, 3.8) is 0 Å². The monoisotopic (exact) mass is 355 g/mol. The van der Waals surface area contributed by atoms with Gasteiger partial charge in [0.1, 0.15) is 11.7 Å². The van der Waals surface area contributed by atoms with Crippen LogP contribution in [0.15, 0.2) is 77.7 Å². The summed E-state index contributed by atoms with van der Waals surface area (Å²) in [4.78, 5) is 7.72. The fourth-order valence-electron chi connectivity index (χ4n) is 2.60. The second-order valence-corrected chi connectivity index (χ2v) is 6.50. The molecule has 0 radical (unpaired) electrons. The summed E-state index contributed by atoms with van der Waals surface area (Å²) >= 11 is 0. The van der Waals surface area contributed by atoms with Crippen LogP contribution >= 0.6 is 0 Å². The minimum atomic E-state index is -4.39. The summed E-state index contributed by atoms with van der Waals surface area (Å²) < 4.78 is 32.5. The summed E-state index contributed by atoms with van der Waals surface area (Å²) in [5, 5.41) is 0. The Morgan fingerprint density at radius 3 is 1.72 bits per heavy atom. The maximum Gasteiger partial charge on any atom is 0.296 e. The van der Waals surface area contributed by atoms with Gasteiger partial charge in [0.2, 0.25) is 0 Å². The van der Waals surface area contributed by atoms with Gasteiger partial charge in [-0.15, -0.1) is 0 Å². The largest absolute Gasteiger partial charge is 0.397 e. The van der Waals surface area contributed by atoms with Gasteiger partial charge in [0.05, 0.1) is 5.69 Å². The number of hydrogen-bond acceptors (Lipinski definition) is 4. The van der Waals surface area contributed by atoms with Gasteiger partial charge in [-0.3, -0.25) is 4.55 Å². The van der Waals surface area contributed by atoms with Crippen molar-refractivity contribution in [1.82, 2.24) is 0 Å². The van der Waals surface area contributed by atoms with Gasteiger partial charge < -0.3 is 10.5 Å². The summed E-state index contributed by atoms with van der Waals surface area (Å²) in [6, 6.07) is 21.8. The third-order valence-electron chi connectivity index (χ3n) is 3.63. The standard InChI is InChI=1S/C18H15NO3S.CH2O/c19-18-16(23(20,21)22)12-11-15(13-7-3-1-4-8-13)17(18)14-9-5-2-6-10-14;1-2/h1-12H,19H2,(H,20,21,22);1H2. The fraction of sp³-hybridized carbons (Fsp3) is 0. The highest BCUT2D eigenvalue weighted by Crippen LogP contribution is 2.39. The predicted octanol–water partition coefficient (Wildman–Crippen LogP) is 3.66. The molecule has 0 unspecified atom stereocenters. The molecule has 0 atom stereocenters. The maximum absolute atomic E-state index is 11.6. The van der Waals surface area contributed by atoms with Crippen molar-refractivity contribution in [3.8, 4) is 22.3 Å². The smallest absolute Gasteiger partial charge is 0.296 e. The van der Waals surface area contributed by atoms with E-state index in [2.05, 4.69) is 0 Å². The molecule has 0 heterocycles. The number of nitrogens with two attached hydrogens (primary N) is 1. The number of anilines is 1. The van der Waals surface area contributed by atoms with Crippen molar-refractivity contribution in [3.05, 3.63) is 72.8 Å².